The van der Waals surface area contributed by atoms with Gasteiger partial charge in [0.15, 0.2) is 20.4 Å². The quantitative estimate of drug-likeness (QED) is 0.540. The minimum atomic E-state index is -3.86. The van der Waals surface area contributed by atoms with Crippen LogP contribution in [0, 0.1) is 13.8 Å². The standard InChI is InChI=1S/C27H32N4O3S/c1-19-9-10-20(2)23(18-19)35(33,34)27(15-5-6-16-27)26(32)28-22-13-11-21(12-14-22)25-30-29-24-8-4-3-7-17-31(24)25/h9-14,18H,3-8,15-17H2,1-2H3,(H,28,32). The number of rotatable bonds is 5. The Morgan fingerprint density at radius 1 is 0.943 bits per heavy atom. The highest BCUT2D eigenvalue weighted by molar-refractivity contribution is 7.93. The summed E-state index contributed by atoms with van der Waals surface area (Å²) in [7, 11) is -3.86. The second-order valence-corrected chi connectivity index (χ2v) is 12.1. The molecule has 1 aromatic heterocycles. The summed E-state index contributed by atoms with van der Waals surface area (Å²) in [4.78, 5) is 13.8. The zero-order chi connectivity index (χ0) is 24.6. The SMILES string of the molecule is Cc1ccc(C)c(S(=O)(=O)C2(C(=O)Nc3ccc(-c4nnc5n4CCCCC5)cc3)CCCC2)c1. The van der Waals surface area contributed by atoms with Crippen LogP contribution in [0.25, 0.3) is 11.4 Å². The molecule has 1 aliphatic carbocycles. The lowest BCUT2D eigenvalue weighted by molar-refractivity contribution is -0.118. The Balaban J connectivity index is 1.41. The number of amides is 1. The molecule has 3 aromatic rings. The Morgan fingerprint density at radius 3 is 2.43 bits per heavy atom. The van der Waals surface area contributed by atoms with Crippen LogP contribution in [0.15, 0.2) is 47.4 Å². The summed E-state index contributed by atoms with van der Waals surface area (Å²) in [5.41, 5.74) is 3.05. The van der Waals surface area contributed by atoms with Crippen molar-refractivity contribution in [2.45, 2.75) is 81.4 Å². The molecule has 0 spiro atoms. The van der Waals surface area contributed by atoms with Crippen LogP contribution in [-0.4, -0.2) is 33.8 Å². The summed E-state index contributed by atoms with van der Waals surface area (Å²) in [6.45, 7) is 4.57. The van der Waals surface area contributed by atoms with Crippen LogP contribution >= 0.6 is 0 Å². The average molecular weight is 493 g/mol. The molecule has 8 heteroatoms. The van der Waals surface area contributed by atoms with Gasteiger partial charge in [0.05, 0.1) is 4.90 Å². The molecular weight excluding hydrogens is 460 g/mol. The molecule has 1 N–H and O–H groups in total. The molecule has 1 fully saturated rings. The van der Waals surface area contributed by atoms with Gasteiger partial charge in [0.2, 0.25) is 5.91 Å². The molecule has 5 rings (SSSR count). The number of aryl methyl sites for hydroxylation is 3. The van der Waals surface area contributed by atoms with Crippen LogP contribution in [0.1, 0.15) is 61.9 Å². The van der Waals surface area contributed by atoms with Crippen LogP contribution in [0.2, 0.25) is 0 Å². The van der Waals surface area contributed by atoms with E-state index in [0.29, 0.717) is 36.9 Å². The Labute approximate surface area is 206 Å². The van der Waals surface area contributed by atoms with Gasteiger partial charge in [-0.25, -0.2) is 8.42 Å². The van der Waals surface area contributed by atoms with Gasteiger partial charge < -0.3 is 9.88 Å². The van der Waals surface area contributed by atoms with Crippen molar-refractivity contribution in [2.24, 2.45) is 0 Å². The maximum atomic E-state index is 13.9. The first-order valence-electron chi connectivity index (χ1n) is 12.5. The molecule has 2 aromatic carbocycles. The highest BCUT2D eigenvalue weighted by Crippen LogP contribution is 2.42. The van der Waals surface area contributed by atoms with E-state index in [4.69, 9.17) is 0 Å². The Bertz CT molecular complexity index is 1350. The number of nitrogens with zero attached hydrogens (tertiary/aromatic N) is 3. The summed E-state index contributed by atoms with van der Waals surface area (Å²) in [5.74, 6) is 1.42. The number of aromatic nitrogens is 3. The topological polar surface area (TPSA) is 93.9 Å². The van der Waals surface area contributed by atoms with Gasteiger partial charge >= 0.3 is 0 Å². The largest absolute Gasteiger partial charge is 0.325 e. The summed E-state index contributed by atoms with van der Waals surface area (Å²) in [5, 5.41) is 11.7. The van der Waals surface area contributed by atoms with Crippen LogP contribution in [0.3, 0.4) is 0 Å². The van der Waals surface area contributed by atoms with E-state index in [9.17, 15) is 13.2 Å². The molecule has 0 unspecified atom stereocenters. The third-order valence-corrected chi connectivity index (χ3v) is 10.1. The molecule has 2 heterocycles. The Hall–Kier alpha value is -3.00. The summed E-state index contributed by atoms with van der Waals surface area (Å²) >= 11 is 0. The average Bonchev–Trinajstić information content (AvgIpc) is 3.44. The lowest BCUT2D eigenvalue weighted by Crippen LogP contribution is -2.47. The molecule has 2 aliphatic rings. The molecule has 184 valence electrons. The van der Waals surface area contributed by atoms with Crippen molar-refractivity contribution in [3.63, 3.8) is 0 Å². The molecule has 0 radical (unpaired) electrons. The number of hydrogen-bond donors (Lipinski definition) is 1. The second kappa shape index (κ2) is 9.22. The number of nitrogens with one attached hydrogen (secondary N) is 1. The number of benzene rings is 2. The van der Waals surface area contributed by atoms with Crippen LogP contribution in [0.4, 0.5) is 5.69 Å². The van der Waals surface area contributed by atoms with E-state index < -0.39 is 20.5 Å². The molecule has 7 nitrogen and oxygen atoms in total. The minimum absolute atomic E-state index is 0.261. The van der Waals surface area contributed by atoms with Crippen molar-refractivity contribution in [3.05, 3.63) is 59.4 Å². The predicted molar refractivity (Wildman–Crippen MR) is 136 cm³/mol. The van der Waals surface area contributed by atoms with Gasteiger partial charge in [0.1, 0.15) is 5.82 Å². The molecule has 35 heavy (non-hydrogen) atoms. The van der Waals surface area contributed by atoms with Crippen LogP contribution < -0.4 is 5.32 Å². The van der Waals surface area contributed by atoms with E-state index in [-0.39, 0.29) is 4.90 Å². The van der Waals surface area contributed by atoms with E-state index in [1.807, 2.05) is 43.3 Å². The molecule has 1 aliphatic heterocycles. The predicted octanol–water partition coefficient (Wildman–Crippen LogP) is 5.01. The van der Waals surface area contributed by atoms with Crippen molar-refractivity contribution in [2.75, 3.05) is 5.32 Å². The van der Waals surface area contributed by atoms with Gasteiger partial charge in [-0.15, -0.1) is 10.2 Å². The van der Waals surface area contributed by atoms with Gasteiger partial charge in [0, 0.05) is 24.2 Å². The fraction of sp³-hybridized carbons (Fsp3) is 0.444. The van der Waals surface area contributed by atoms with E-state index in [1.54, 1.807) is 13.0 Å². The minimum Gasteiger partial charge on any atom is -0.325 e. The van der Waals surface area contributed by atoms with Crippen molar-refractivity contribution in [3.8, 4) is 11.4 Å². The summed E-state index contributed by atoms with van der Waals surface area (Å²) < 4.78 is 28.4. The number of carbonyl (C=O) groups is 1. The van der Waals surface area contributed by atoms with Crippen molar-refractivity contribution in [1.82, 2.24) is 14.8 Å². The maximum Gasteiger partial charge on any atom is 0.246 e. The number of anilines is 1. The Kier molecular flexibility index (Phi) is 6.25. The number of carbonyl (C=O) groups excluding carboxylic acids is 1. The zero-order valence-electron chi connectivity index (χ0n) is 20.4. The van der Waals surface area contributed by atoms with E-state index in [0.717, 1.165) is 48.6 Å². The number of fused-ring (bicyclic) bond motifs is 1. The van der Waals surface area contributed by atoms with Gasteiger partial charge in [-0.1, -0.05) is 31.4 Å². The van der Waals surface area contributed by atoms with Gasteiger partial charge in [-0.2, -0.15) is 0 Å². The molecular formula is C27H32N4O3S. The van der Waals surface area contributed by atoms with E-state index in [1.165, 1.54) is 6.42 Å². The second-order valence-electron chi connectivity index (χ2n) is 9.91. The molecule has 0 saturated heterocycles. The number of hydrogen-bond acceptors (Lipinski definition) is 5. The lowest BCUT2D eigenvalue weighted by atomic mass is 10.1. The Morgan fingerprint density at radius 2 is 1.69 bits per heavy atom. The highest BCUT2D eigenvalue weighted by atomic mass is 32.2. The van der Waals surface area contributed by atoms with Crippen molar-refractivity contribution in [1.29, 1.82) is 0 Å². The molecule has 1 amide bonds. The van der Waals surface area contributed by atoms with Crippen molar-refractivity contribution >= 4 is 21.4 Å². The zero-order valence-corrected chi connectivity index (χ0v) is 21.2. The van der Waals surface area contributed by atoms with E-state index in [2.05, 4.69) is 20.1 Å². The first-order valence-corrected chi connectivity index (χ1v) is 14.0. The first kappa shape index (κ1) is 23.7. The third kappa shape index (κ3) is 4.18. The fourth-order valence-electron chi connectivity index (χ4n) is 5.42. The third-order valence-electron chi connectivity index (χ3n) is 7.48. The van der Waals surface area contributed by atoms with Crippen LogP contribution in [-0.2, 0) is 27.6 Å². The van der Waals surface area contributed by atoms with Gasteiger partial charge in [-0.05, 0) is 81.0 Å². The summed E-state index contributed by atoms with van der Waals surface area (Å²) in [6.07, 6.45) is 6.48. The number of sulfone groups is 1. The van der Waals surface area contributed by atoms with E-state index >= 15 is 0 Å². The normalized spacial score (nSPS) is 17.5. The highest BCUT2D eigenvalue weighted by Gasteiger charge is 2.53. The van der Waals surface area contributed by atoms with Gasteiger partial charge in [0.25, 0.3) is 0 Å². The fourth-order valence-corrected chi connectivity index (χ4v) is 7.79. The van der Waals surface area contributed by atoms with Gasteiger partial charge in [-0.3, -0.25) is 4.79 Å². The maximum absolute atomic E-state index is 13.9. The van der Waals surface area contributed by atoms with Crippen LogP contribution in [0.5, 0.6) is 0 Å². The monoisotopic (exact) mass is 492 g/mol. The first-order chi connectivity index (χ1) is 16.8. The summed E-state index contributed by atoms with van der Waals surface area (Å²) in [6, 6.07) is 12.9. The smallest absolute Gasteiger partial charge is 0.246 e. The molecule has 0 bridgehead atoms. The van der Waals surface area contributed by atoms with Crippen molar-refractivity contribution < 1.29 is 13.2 Å². The lowest BCUT2D eigenvalue weighted by Gasteiger charge is -2.28. The molecule has 0 atom stereocenters. The molecule has 1 saturated carbocycles.